The SMILES string of the molecule is COC(=O)C1(NC(=O)c2c(C)oc3ccc(OCc4cnc(C)s4)cc23)CCN(C(=O)OC(C)(C)C)C1. The number of carbonyl (C=O) groups excluding carboxylic acids is 3. The molecule has 1 N–H and O–H groups in total. The minimum absolute atomic E-state index is 0.0716. The number of amides is 2. The summed E-state index contributed by atoms with van der Waals surface area (Å²) in [6.07, 6.45) is 1.39. The van der Waals surface area contributed by atoms with Gasteiger partial charge >= 0.3 is 12.1 Å². The number of rotatable bonds is 6. The molecule has 2 amide bonds. The minimum atomic E-state index is -1.42. The van der Waals surface area contributed by atoms with Gasteiger partial charge in [0.2, 0.25) is 0 Å². The van der Waals surface area contributed by atoms with Gasteiger partial charge in [-0.25, -0.2) is 14.6 Å². The Morgan fingerprint density at radius 3 is 2.65 bits per heavy atom. The van der Waals surface area contributed by atoms with Crippen LogP contribution in [0.2, 0.25) is 0 Å². The summed E-state index contributed by atoms with van der Waals surface area (Å²) in [5.74, 6) is -0.193. The molecule has 0 bridgehead atoms. The summed E-state index contributed by atoms with van der Waals surface area (Å²) in [6, 6.07) is 5.25. The first-order chi connectivity index (χ1) is 17.4. The monoisotopic (exact) mass is 529 g/mol. The third-order valence-electron chi connectivity index (χ3n) is 5.96. The highest BCUT2D eigenvalue weighted by Gasteiger charge is 2.49. The summed E-state index contributed by atoms with van der Waals surface area (Å²) in [5, 5.41) is 4.34. The van der Waals surface area contributed by atoms with E-state index >= 15 is 0 Å². The molecule has 11 heteroatoms. The van der Waals surface area contributed by atoms with Crippen LogP contribution < -0.4 is 10.1 Å². The highest BCUT2D eigenvalue weighted by Crippen LogP contribution is 2.32. The van der Waals surface area contributed by atoms with Gasteiger partial charge in [-0.15, -0.1) is 11.3 Å². The van der Waals surface area contributed by atoms with E-state index < -0.39 is 29.1 Å². The summed E-state index contributed by atoms with van der Waals surface area (Å²) in [7, 11) is 1.25. The Kier molecular flexibility index (Phi) is 7.18. The van der Waals surface area contributed by atoms with Crippen molar-refractivity contribution in [1.29, 1.82) is 0 Å². The van der Waals surface area contributed by atoms with Gasteiger partial charge in [-0.2, -0.15) is 0 Å². The van der Waals surface area contributed by atoms with Gasteiger partial charge in [0, 0.05) is 24.5 Å². The number of aryl methyl sites for hydroxylation is 2. The first kappa shape index (κ1) is 26.5. The van der Waals surface area contributed by atoms with Crippen LogP contribution in [0, 0.1) is 13.8 Å². The molecular weight excluding hydrogens is 498 g/mol. The normalized spacial score (nSPS) is 17.6. The van der Waals surface area contributed by atoms with E-state index in [9.17, 15) is 14.4 Å². The van der Waals surface area contributed by atoms with Crippen LogP contribution in [0.1, 0.15) is 53.2 Å². The maximum atomic E-state index is 13.6. The molecule has 1 aliphatic heterocycles. The van der Waals surface area contributed by atoms with Crippen LogP contribution in [0.5, 0.6) is 5.75 Å². The molecule has 0 spiro atoms. The zero-order valence-electron chi connectivity index (χ0n) is 21.8. The predicted octanol–water partition coefficient (Wildman–Crippen LogP) is 4.37. The third kappa shape index (κ3) is 5.71. The topological polar surface area (TPSA) is 120 Å². The lowest BCUT2D eigenvalue weighted by molar-refractivity contribution is -0.147. The molecular formula is C26H31N3O7S. The molecule has 1 fully saturated rings. The second-order valence-electron chi connectivity index (χ2n) is 10.0. The van der Waals surface area contributed by atoms with Crippen LogP contribution in [0.15, 0.2) is 28.8 Å². The summed E-state index contributed by atoms with van der Waals surface area (Å²) in [4.78, 5) is 45.6. The van der Waals surface area contributed by atoms with Crippen LogP contribution in [0.3, 0.4) is 0 Å². The van der Waals surface area contributed by atoms with Gasteiger partial charge in [0.1, 0.15) is 29.3 Å². The van der Waals surface area contributed by atoms with E-state index in [1.165, 1.54) is 12.0 Å². The van der Waals surface area contributed by atoms with Crippen molar-refractivity contribution in [2.24, 2.45) is 0 Å². The smallest absolute Gasteiger partial charge is 0.410 e. The molecule has 10 nitrogen and oxygen atoms in total. The van der Waals surface area contributed by atoms with Crippen LogP contribution in [0.4, 0.5) is 4.79 Å². The van der Waals surface area contributed by atoms with Gasteiger partial charge < -0.3 is 28.8 Å². The van der Waals surface area contributed by atoms with Crippen LogP contribution in [-0.4, -0.2) is 59.2 Å². The van der Waals surface area contributed by atoms with Crippen molar-refractivity contribution < 1.29 is 33.0 Å². The fraction of sp³-hybridized carbons (Fsp3) is 0.462. The summed E-state index contributed by atoms with van der Waals surface area (Å²) in [5.41, 5.74) is -1.32. The number of hydrogen-bond donors (Lipinski definition) is 1. The molecule has 198 valence electrons. The number of furan rings is 1. The number of thiazole rings is 1. The van der Waals surface area contributed by atoms with Gasteiger partial charge in [-0.1, -0.05) is 0 Å². The lowest BCUT2D eigenvalue weighted by Crippen LogP contribution is -2.57. The molecule has 0 saturated carbocycles. The molecule has 1 atom stereocenters. The number of likely N-dealkylation sites (tertiary alicyclic amines) is 1. The number of hydrogen-bond acceptors (Lipinski definition) is 9. The summed E-state index contributed by atoms with van der Waals surface area (Å²) in [6.45, 7) is 9.40. The number of carbonyl (C=O) groups is 3. The van der Waals surface area contributed by atoms with Crippen molar-refractivity contribution >= 4 is 40.3 Å². The van der Waals surface area contributed by atoms with Crippen molar-refractivity contribution in [3.05, 3.63) is 45.6 Å². The van der Waals surface area contributed by atoms with E-state index in [1.807, 2.05) is 6.92 Å². The van der Waals surface area contributed by atoms with Gasteiger partial charge in [0.15, 0.2) is 5.54 Å². The van der Waals surface area contributed by atoms with Gasteiger partial charge in [-0.3, -0.25) is 4.79 Å². The Hall–Kier alpha value is -3.60. The standard InChI is InChI=1S/C26H31N3O7S/c1-15-21(19-11-17(7-8-20(19)35-15)34-13-18-12-27-16(2)37-18)22(30)28-26(23(31)33-6)9-10-29(14-26)24(32)36-25(3,4)5/h7-8,11-12H,9-10,13-14H2,1-6H3,(H,28,30). The van der Waals surface area contributed by atoms with Gasteiger partial charge in [0.05, 0.1) is 29.1 Å². The van der Waals surface area contributed by atoms with Crippen molar-refractivity contribution in [2.75, 3.05) is 20.2 Å². The number of benzene rings is 1. The van der Waals surface area contributed by atoms with Gasteiger partial charge in [-0.05, 0) is 52.8 Å². The van der Waals surface area contributed by atoms with Crippen molar-refractivity contribution in [2.45, 2.75) is 58.8 Å². The molecule has 1 aromatic carbocycles. The van der Waals surface area contributed by atoms with E-state index in [2.05, 4.69) is 10.3 Å². The van der Waals surface area contributed by atoms with Gasteiger partial charge in [0.25, 0.3) is 5.91 Å². The number of ether oxygens (including phenoxy) is 3. The molecule has 1 unspecified atom stereocenters. The zero-order chi connectivity index (χ0) is 27.0. The molecule has 0 aliphatic carbocycles. The Morgan fingerprint density at radius 2 is 2.00 bits per heavy atom. The van der Waals surface area contributed by atoms with E-state index in [-0.39, 0.29) is 25.1 Å². The van der Waals surface area contributed by atoms with Crippen LogP contribution in [0.25, 0.3) is 11.0 Å². The van der Waals surface area contributed by atoms with Crippen molar-refractivity contribution in [3.63, 3.8) is 0 Å². The van der Waals surface area contributed by atoms with E-state index in [0.29, 0.717) is 29.1 Å². The number of nitrogens with zero attached hydrogens (tertiary/aromatic N) is 2. The highest BCUT2D eigenvalue weighted by molar-refractivity contribution is 7.11. The maximum Gasteiger partial charge on any atom is 0.410 e. The largest absolute Gasteiger partial charge is 0.488 e. The Morgan fingerprint density at radius 1 is 1.24 bits per heavy atom. The van der Waals surface area contributed by atoms with E-state index in [4.69, 9.17) is 18.6 Å². The number of esters is 1. The molecule has 37 heavy (non-hydrogen) atoms. The number of methoxy groups -OCH3 is 1. The zero-order valence-corrected chi connectivity index (χ0v) is 22.6. The van der Waals surface area contributed by atoms with Crippen LogP contribution in [-0.2, 0) is 20.9 Å². The second kappa shape index (κ2) is 10.0. The quantitative estimate of drug-likeness (QED) is 0.468. The lowest BCUT2D eigenvalue weighted by Gasteiger charge is -2.28. The van der Waals surface area contributed by atoms with E-state index in [1.54, 1.807) is 63.4 Å². The lowest BCUT2D eigenvalue weighted by atomic mass is 9.97. The fourth-order valence-electron chi connectivity index (χ4n) is 4.28. The number of nitrogens with one attached hydrogen (secondary N) is 1. The van der Waals surface area contributed by atoms with Crippen molar-refractivity contribution in [3.8, 4) is 5.75 Å². The average Bonchev–Trinajstić information content (AvgIpc) is 3.52. The first-order valence-corrected chi connectivity index (χ1v) is 12.7. The summed E-state index contributed by atoms with van der Waals surface area (Å²) < 4.78 is 22.2. The Labute approximate surface area is 218 Å². The first-order valence-electron chi connectivity index (χ1n) is 11.9. The number of fused-ring (bicyclic) bond motifs is 1. The minimum Gasteiger partial charge on any atom is -0.488 e. The van der Waals surface area contributed by atoms with E-state index in [0.717, 1.165) is 9.88 Å². The second-order valence-corrected chi connectivity index (χ2v) is 11.3. The molecule has 1 aliphatic rings. The highest BCUT2D eigenvalue weighted by atomic mass is 32.1. The Bertz CT molecular complexity index is 1340. The number of aromatic nitrogens is 1. The van der Waals surface area contributed by atoms with Crippen LogP contribution >= 0.6 is 11.3 Å². The third-order valence-corrected chi connectivity index (χ3v) is 6.85. The molecule has 2 aromatic heterocycles. The molecule has 0 radical (unpaired) electrons. The average molecular weight is 530 g/mol. The Balaban J connectivity index is 1.57. The predicted molar refractivity (Wildman–Crippen MR) is 137 cm³/mol. The summed E-state index contributed by atoms with van der Waals surface area (Å²) >= 11 is 1.55. The molecule has 1 saturated heterocycles. The fourth-order valence-corrected chi connectivity index (χ4v) is 4.99. The molecule has 4 rings (SSSR count). The van der Waals surface area contributed by atoms with Crippen molar-refractivity contribution in [1.82, 2.24) is 15.2 Å². The maximum absolute atomic E-state index is 13.6. The molecule has 3 aromatic rings. The molecule has 3 heterocycles.